The first-order chi connectivity index (χ1) is 7.75. The molecular formula is C11H11BO3S. The van der Waals surface area contributed by atoms with E-state index in [1.165, 1.54) is 11.3 Å². The van der Waals surface area contributed by atoms with Gasteiger partial charge >= 0.3 is 7.12 Å². The SMILES string of the molecule is OB(O)c1cc(COc2ccccc2)cs1. The second-order valence-electron chi connectivity index (χ2n) is 3.33. The zero-order chi connectivity index (χ0) is 11.4. The van der Waals surface area contributed by atoms with E-state index in [0.29, 0.717) is 11.4 Å². The summed E-state index contributed by atoms with van der Waals surface area (Å²) < 4.78 is 6.06. The van der Waals surface area contributed by atoms with Crippen molar-refractivity contribution in [3.63, 3.8) is 0 Å². The average Bonchev–Trinajstić information content (AvgIpc) is 2.76. The van der Waals surface area contributed by atoms with Gasteiger partial charge in [-0.25, -0.2) is 0 Å². The highest BCUT2D eigenvalue weighted by Crippen LogP contribution is 2.12. The summed E-state index contributed by atoms with van der Waals surface area (Å²) in [4.78, 5) is 0. The van der Waals surface area contributed by atoms with E-state index < -0.39 is 7.12 Å². The summed E-state index contributed by atoms with van der Waals surface area (Å²) in [5.74, 6) is 0.805. The van der Waals surface area contributed by atoms with Crippen LogP contribution in [-0.2, 0) is 6.61 Å². The van der Waals surface area contributed by atoms with Crippen LogP contribution in [0.15, 0.2) is 41.8 Å². The van der Waals surface area contributed by atoms with Gasteiger partial charge in [-0.1, -0.05) is 18.2 Å². The molecule has 1 aromatic heterocycles. The van der Waals surface area contributed by atoms with Crippen LogP contribution >= 0.6 is 11.3 Å². The van der Waals surface area contributed by atoms with Crippen LogP contribution in [0.1, 0.15) is 5.56 Å². The Balaban J connectivity index is 1.95. The first kappa shape index (κ1) is 11.2. The van der Waals surface area contributed by atoms with Crippen molar-refractivity contribution >= 4 is 23.2 Å². The van der Waals surface area contributed by atoms with E-state index in [1.807, 2.05) is 35.7 Å². The molecule has 0 spiro atoms. The molecule has 0 saturated heterocycles. The van der Waals surface area contributed by atoms with Crippen molar-refractivity contribution in [1.82, 2.24) is 0 Å². The molecule has 0 fully saturated rings. The van der Waals surface area contributed by atoms with Gasteiger partial charge in [0.1, 0.15) is 12.4 Å². The third-order valence-corrected chi connectivity index (χ3v) is 3.10. The number of benzene rings is 1. The molecule has 0 bridgehead atoms. The number of para-hydroxylation sites is 1. The lowest BCUT2D eigenvalue weighted by Crippen LogP contribution is -2.26. The van der Waals surface area contributed by atoms with Crippen molar-refractivity contribution in [2.45, 2.75) is 6.61 Å². The van der Waals surface area contributed by atoms with Crippen LogP contribution in [0.25, 0.3) is 0 Å². The van der Waals surface area contributed by atoms with Gasteiger partial charge in [0.15, 0.2) is 0 Å². The Bertz CT molecular complexity index is 442. The summed E-state index contributed by atoms with van der Waals surface area (Å²) in [6, 6.07) is 11.2. The first-order valence-electron chi connectivity index (χ1n) is 4.87. The molecule has 82 valence electrons. The van der Waals surface area contributed by atoms with Gasteiger partial charge in [0.05, 0.1) is 0 Å². The maximum atomic E-state index is 8.95. The molecule has 0 aliphatic carbocycles. The molecule has 0 atom stereocenters. The molecule has 2 N–H and O–H groups in total. The van der Waals surface area contributed by atoms with Gasteiger partial charge < -0.3 is 14.8 Å². The lowest BCUT2D eigenvalue weighted by molar-refractivity contribution is 0.307. The molecule has 1 aromatic carbocycles. The third kappa shape index (κ3) is 2.85. The largest absolute Gasteiger partial charge is 0.499 e. The molecule has 2 rings (SSSR count). The number of hydrogen-bond acceptors (Lipinski definition) is 4. The molecule has 16 heavy (non-hydrogen) atoms. The maximum absolute atomic E-state index is 8.95. The maximum Gasteiger partial charge on any atom is 0.499 e. The monoisotopic (exact) mass is 234 g/mol. The van der Waals surface area contributed by atoms with Crippen LogP contribution in [0.2, 0.25) is 0 Å². The van der Waals surface area contributed by atoms with Crippen LogP contribution in [0.5, 0.6) is 5.75 Å². The Hall–Kier alpha value is -1.30. The smallest absolute Gasteiger partial charge is 0.489 e. The zero-order valence-corrected chi connectivity index (χ0v) is 9.35. The predicted molar refractivity (Wildman–Crippen MR) is 64.9 cm³/mol. The van der Waals surface area contributed by atoms with Crippen LogP contribution < -0.4 is 9.51 Å². The summed E-state index contributed by atoms with van der Waals surface area (Å²) in [5, 5.41) is 19.8. The Morgan fingerprint density at radius 1 is 1.19 bits per heavy atom. The van der Waals surface area contributed by atoms with Gasteiger partial charge in [-0.15, -0.1) is 0 Å². The van der Waals surface area contributed by atoms with Crippen molar-refractivity contribution in [3.8, 4) is 5.75 Å². The van der Waals surface area contributed by atoms with Crippen molar-refractivity contribution in [2.75, 3.05) is 0 Å². The highest BCUT2D eigenvalue weighted by Gasteiger charge is 2.13. The summed E-state index contributed by atoms with van der Waals surface area (Å²) in [5.41, 5.74) is 0.942. The molecule has 0 aliphatic rings. The number of rotatable bonds is 4. The molecule has 0 aliphatic heterocycles. The standard InChI is InChI=1S/C11H11BO3S/c13-12(14)11-6-9(8-16-11)7-15-10-4-2-1-3-5-10/h1-6,8,13-14H,7H2. The molecule has 0 radical (unpaired) electrons. The second kappa shape index (κ2) is 5.16. The van der Waals surface area contributed by atoms with Crippen LogP contribution in [-0.4, -0.2) is 17.2 Å². The molecule has 5 heteroatoms. The second-order valence-corrected chi connectivity index (χ2v) is 4.28. The molecule has 0 saturated carbocycles. The van der Waals surface area contributed by atoms with Crippen LogP contribution in [0, 0.1) is 0 Å². The Labute approximate surface area is 98.1 Å². The Kier molecular flexibility index (Phi) is 3.61. The van der Waals surface area contributed by atoms with Gasteiger partial charge in [0, 0.05) is 4.78 Å². The van der Waals surface area contributed by atoms with E-state index in [0.717, 1.165) is 11.3 Å². The van der Waals surface area contributed by atoms with Gasteiger partial charge in [-0.05, 0) is 29.1 Å². The highest BCUT2D eigenvalue weighted by molar-refractivity contribution is 7.20. The van der Waals surface area contributed by atoms with E-state index in [-0.39, 0.29) is 0 Å². The molecule has 0 amide bonds. The molecule has 0 unspecified atom stereocenters. The number of thiophene rings is 1. The predicted octanol–water partition coefficient (Wildman–Crippen LogP) is 1.01. The van der Waals surface area contributed by atoms with Crippen LogP contribution in [0.3, 0.4) is 0 Å². The lowest BCUT2D eigenvalue weighted by Gasteiger charge is -2.03. The zero-order valence-electron chi connectivity index (χ0n) is 8.54. The fourth-order valence-corrected chi connectivity index (χ4v) is 2.05. The minimum Gasteiger partial charge on any atom is -0.489 e. The minimum absolute atomic E-state index is 0.438. The van der Waals surface area contributed by atoms with E-state index in [4.69, 9.17) is 14.8 Å². The Morgan fingerprint density at radius 2 is 1.94 bits per heavy atom. The van der Waals surface area contributed by atoms with Crippen molar-refractivity contribution in [3.05, 3.63) is 47.3 Å². The molecule has 1 heterocycles. The van der Waals surface area contributed by atoms with Crippen molar-refractivity contribution in [1.29, 1.82) is 0 Å². The van der Waals surface area contributed by atoms with Crippen LogP contribution in [0.4, 0.5) is 0 Å². The fourth-order valence-electron chi connectivity index (χ4n) is 1.29. The first-order valence-corrected chi connectivity index (χ1v) is 5.75. The van der Waals surface area contributed by atoms with Crippen molar-refractivity contribution < 1.29 is 14.8 Å². The van der Waals surface area contributed by atoms with Gasteiger partial charge in [0.25, 0.3) is 0 Å². The van der Waals surface area contributed by atoms with E-state index in [1.54, 1.807) is 6.07 Å². The van der Waals surface area contributed by atoms with E-state index in [9.17, 15) is 0 Å². The van der Waals surface area contributed by atoms with Crippen molar-refractivity contribution in [2.24, 2.45) is 0 Å². The highest BCUT2D eigenvalue weighted by atomic mass is 32.1. The normalized spacial score (nSPS) is 10.1. The lowest BCUT2D eigenvalue weighted by atomic mass is 9.89. The number of hydrogen-bond donors (Lipinski definition) is 2. The summed E-state index contributed by atoms with van der Waals surface area (Å²) in [6.45, 7) is 0.438. The molecule has 3 nitrogen and oxygen atoms in total. The summed E-state index contributed by atoms with van der Waals surface area (Å²) in [7, 11) is -1.39. The molecular weight excluding hydrogens is 223 g/mol. The fraction of sp³-hybridized carbons (Fsp3) is 0.0909. The van der Waals surface area contributed by atoms with E-state index in [2.05, 4.69) is 0 Å². The molecule has 2 aromatic rings. The van der Waals surface area contributed by atoms with Gasteiger partial charge in [-0.2, -0.15) is 11.3 Å². The topological polar surface area (TPSA) is 49.7 Å². The average molecular weight is 234 g/mol. The van der Waals surface area contributed by atoms with Gasteiger partial charge in [-0.3, -0.25) is 0 Å². The minimum atomic E-state index is -1.39. The van der Waals surface area contributed by atoms with E-state index >= 15 is 0 Å². The third-order valence-electron chi connectivity index (χ3n) is 2.08. The van der Waals surface area contributed by atoms with Gasteiger partial charge in [0.2, 0.25) is 0 Å². The summed E-state index contributed by atoms with van der Waals surface area (Å²) in [6.07, 6.45) is 0. The number of ether oxygens (including phenoxy) is 1. The quantitative estimate of drug-likeness (QED) is 0.776. The Morgan fingerprint density at radius 3 is 2.56 bits per heavy atom. The summed E-state index contributed by atoms with van der Waals surface area (Å²) >= 11 is 1.31.